The first-order chi connectivity index (χ1) is 11.5. The number of carbonyl (C=O) groups is 2. The van der Waals surface area contributed by atoms with Gasteiger partial charge in [0.15, 0.2) is 0 Å². The Morgan fingerprint density at radius 3 is 2.62 bits per heavy atom. The van der Waals surface area contributed by atoms with E-state index in [1.54, 1.807) is 12.1 Å². The van der Waals surface area contributed by atoms with E-state index in [0.29, 0.717) is 5.56 Å². The molecule has 0 radical (unpaired) electrons. The normalized spacial score (nSPS) is 16.1. The van der Waals surface area contributed by atoms with Crippen LogP contribution < -0.4 is 5.32 Å². The van der Waals surface area contributed by atoms with Gasteiger partial charge in [-0.25, -0.2) is 4.39 Å². The van der Waals surface area contributed by atoms with Gasteiger partial charge in [-0.1, -0.05) is 28.1 Å². The number of imide groups is 1. The molecule has 3 rings (SSSR count). The standard InChI is InChI=1S/C17H12BrFN2O2S/c18-12-4-6-14(7-5-12)20-10-21-16(22)15(24-17(21)23)9-11-2-1-3-13(19)8-11/h1-9,20H,10H2/b15-9+. The van der Waals surface area contributed by atoms with E-state index < -0.39 is 0 Å². The maximum absolute atomic E-state index is 13.2. The zero-order valence-corrected chi connectivity index (χ0v) is 14.7. The summed E-state index contributed by atoms with van der Waals surface area (Å²) < 4.78 is 14.2. The molecule has 24 heavy (non-hydrogen) atoms. The fraction of sp³-hybridized carbons (Fsp3) is 0.0588. The van der Waals surface area contributed by atoms with Crippen molar-refractivity contribution in [3.05, 3.63) is 69.3 Å². The van der Waals surface area contributed by atoms with Crippen LogP contribution in [0.3, 0.4) is 0 Å². The Bertz CT molecular complexity index is 824. The molecule has 0 unspecified atom stereocenters. The van der Waals surface area contributed by atoms with Gasteiger partial charge in [0.25, 0.3) is 11.1 Å². The average Bonchev–Trinajstić information content (AvgIpc) is 2.81. The molecule has 0 aliphatic carbocycles. The smallest absolute Gasteiger partial charge is 0.295 e. The molecule has 1 N–H and O–H groups in total. The molecule has 2 aromatic carbocycles. The Hall–Kier alpha value is -2.12. The van der Waals surface area contributed by atoms with Crippen molar-refractivity contribution >= 4 is 50.6 Å². The zero-order valence-electron chi connectivity index (χ0n) is 12.3. The summed E-state index contributed by atoms with van der Waals surface area (Å²) in [5.74, 6) is -0.779. The highest BCUT2D eigenvalue weighted by Gasteiger charge is 2.34. The van der Waals surface area contributed by atoms with Crippen molar-refractivity contribution in [3.63, 3.8) is 0 Å². The molecular formula is C17H12BrFN2O2S. The molecule has 0 bridgehead atoms. The molecule has 1 fully saturated rings. The van der Waals surface area contributed by atoms with Gasteiger partial charge in [-0.3, -0.25) is 14.5 Å². The van der Waals surface area contributed by atoms with Gasteiger partial charge < -0.3 is 5.32 Å². The van der Waals surface area contributed by atoms with E-state index in [4.69, 9.17) is 0 Å². The van der Waals surface area contributed by atoms with E-state index in [1.165, 1.54) is 18.2 Å². The van der Waals surface area contributed by atoms with Crippen LogP contribution >= 0.6 is 27.7 Å². The second kappa shape index (κ2) is 7.19. The molecule has 4 nitrogen and oxygen atoms in total. The largest absolute Gasteiger partial charge is 0.367 e. The highest BCUT2D eigenvalue weighted by Crippen LogP contribution is 2.32. The zero-order chi connectivity index (χ0) is 17.1. The minimum atomic E-state index is -0.390. The first-order valence-corrected chi connectivity index (χ1v) is 8.64. The molecule has 0 saturated carbocycles. The van der Waals surface area contributed by atoms with E-state index in [-0.39, 0.29) is 28.5 Å². The lowest BCUT2D eigenvalue weighted by Crippen LogP contribution is -2.33. The molecule has 0 atom stereocenters. The van der Waals surface area contributed by atoms with E-state index in [2.05, 4.69) is 21.2 Å². The number of nitrogens with zero attached hydrogens (tertiary/aromatic N) is 1. The maximum atomic E-state index is 13.2. The van der Waals surface area contributed by atoms with Crippen molar-refractivity contribution in [2.24, 2.45) is 0 Å². The summed E-state index contributed by atoms with van der Waals surface area (Å²) in [4.78, 5) is 25.8. The van der Waals surface area contributed by atoms with Crippen LogP contribution in [0.5, 0.6) is 0 Å². The molecule has 2 amide bonds. The van der Waals surface area contributed by atoms with Crippen molar-refractivity contribution < 1.29 is 14.0 Å². The van der Waals surface area contributed by atoms with Gasteiger partial charge in [-0.15, -0.1) is 0 Å². The van der Waals surface area contributed by atoms with E-state index in [9.17, 15) is 14.0 Å². The first-order valence-electron chi connectivity index (χ1n) is 7.03. The van der Waals surface area contributed by atoms with Crippen LogP contribution in [-0.2, 0) is 4.79 Å². The van der Waals surface area contributed by atoms with Crippen LogP contribution in [0.25, 0.3) is 6.08 Å². The lowest BCUT2D eigenvalue weighted by atomic mass is 10.2. The summed E-state index contributed by atoms with van der Waals surface area (Å²) in [6.07, 6.45) is 1.52. The number of rotatable bonds is 4. The third kappa shape index (κ3) is 3.85. The van der Waals surface area contributed by atoms with Gasteiger partial charge in [0.2, 0.25) is 0 Å². The number of hydrogen-bond donors (Lipinski definition) is 1. The Kier molecular flexibility index (Phi) is 5.01. The number of thioether (sulfide) groups is 1. The van der Waals surface area contributed by atoms with Gasteiger partial charge in [-0.2, -0.15) is 0 Å². The fourth-order valence-electron chi connectivity index (χ4n) is 2.12. The van der Waals surface area contributed by atoms with Gasteiger partial charge in [0.05, 0.1) is 11.6 Å². The van der Waals surface area contributed by atoms with Crippen molar-refractivity contribution in [3.8, 4) is 0 Å². The minimum absolute atomic E-state index is 0.0762. The molecule has 1 saturated heterocycles. The molecule has 1 heterocycles. The highest BCUT2D eigenvalue weighted by molar-refractivity contribution is 9.10. The number of carbonyl (C=O) groups excluding carboxylic acids is 2. The van der Waals surface area contributed by atoms with Crippen LogP contribution in [0, 0.1) is 5.82 Å². The van der Waals surface area contributed by atoms with Crippen molar-refractivity contribution in [2.45, 2.75) is 0 Å². The maximum Gasteiger partial charge on any atom is 0.295 e. The van der Waals surface area contributed by atoms with Gasteiger partial charge in [-0.05, 0) is 59.8 Å². The Morgan fingerprint density at radius 1 is 1.17 bits per heavy atom. The fourth-order valence-corrected chi connectivity index (χ4v) is 3.22. The number of nitrogens with one attached hydrogen (secondary N) is 1. The third-order valence-electron chi connectivity index (χ3n) is 3.31. The van der Waals surface area contributed by atoms with Gasteiger partial charge >= 0.3 is 0 Å². The molecule has 1 aliphatic heterocycles. The quantitative estimate of drug-likeness (QED) is 0.747. The summed E-state index contributed by atoms with van der Waals surface area (Å²) in [6.45, 7) is 0.0762. The molecule has 0 aromatic heterocycles. The van der Waals surface area contributed by atoms with Crippen LogP contribution in [0.1, 0.15) is 5.56 Å². The Morgan fingerprint density at radius 2 is 1.92 bits per heavy atom. The van der Waals surface area contributed by atoms with E-state index in [1.807, 2.05) is 24.3 Å². The van der Waals surface area contributed by atoms with E-state index >= 15 is 0 Å². The van der Waals surface area contributed by atoms with Crippen LogP contribution in [-0.4, -0.2) is 22.7 Å². The lowest BCUT2D eigenvalue weighted by molar-refractivity contribution is -0.122. The SMILES string of the molecule is O=C1S/C(=C/c2cccc(F)c2)C(=O)N1CNc1ccc(Br)cc1. The predicted octanol–water partition coefficient (Wildman–Crippen LogP) is 4.69. The average molecular weight is 407 g/mol. The number of anilines is 1. The topological polar surface area (TPSA) is 49.4 Å². The number of halogens is 2. The molecule has 1 aliphatic rings. The molecule has 0 spiro atoms. The Labute approximate surface area is 150 Å². The summed E-state index contributed by atoms with van der Waals surface area (Å²) in [6, 6.07) is 13.3. The number of amides is 2. The second-order valence-corrected chi connectivity index (χ2v) is 6.92. The van der Waals surface area contributed by atoms with Crippen LogP contribution in [0.4, 0.5) is 14.9 Å². The third-order valence-corrected chi connectivity index (χ3v) is 4.74. The molecular weight excluding hydrogens is 395 g/mol. The molecule has 122 valence electrons. The van der Waals surface area contributed by atoms with Gasteiger partial charge in [0, 0.05) is 10.2 Å². The highest BCUT2D eigenvalue weighted by atomic mass is 79.9. The first kappa shape index (κ1) is 16.7. The number of benzene rings is 2. The van der Waals surface area contributed by atoms with Crippen molar-refractivity contribution in [2.75, 3.05) is 12.0 Å². The van der Waals surface area contributed by atoms with Crippen molar-refractivity contribution in [1.29, 1.82) is 0 Å². The number of hydrogen-bond acceptors (Lipinski definition) is 4. The van der Waals surface area contributed by atoms with E-state index in [0.717, 1.165) is 26.8 Å². The summed E-state index contributed by atoms with van der Waals surface area (Å²) in [7, 11) is 0. The van der Waals surface area contributed by atoms with Crippen molar-refractivity contribution in [1.82, 2.24) is 4.90 Å². The lowest BCUT2D eigenvalue weighted by Gasteiger charge is -2.14. The van der Waals surface area contributed by atoms with Gasteiger partial charge in [0.1, 0.15) is 5.82 Å². The predicted molar refractivity (Wildman–Crippen MR) is 96.8 cm³/mol. The molecule has 7 heteroatoms. The molecule has 2 aromatic rings. The monoisotopic (exact) mass is 406 g/mol. The Balaban J connectivity index is 1.71. The minimum Gasteiger partial charge on any atom is -0.367 e. The summed E-state index contributed by atoms with van der Waals surface area (Å²) >= 11 is 4.19. The summed E-state index contributed by atoms with van der Waals surface area (Å²) in [5.41, 5.74) is 1.34. The van der Waals surface area contributed by atoms with Crippen LogP contribution in [0.2, 0.25) is 0 Å². The summed E-state index contributed by atoms with van der Waals surface area (Å²) in [5, 5.41) is 2.68. The second-order valence-electron chi connectivity index (χ2n) is 5.01. The van der Waals surface area contributed by atoms with Crippen LogP contribution in [0.15, 0.2) is 57.9 Å².